The lowest BCUT2D eigenvalue weighted by Crippen LogP contribution is -2.21. The van der Waals surface area contributed by atoms with Crippen LogP contribution < -0.4 is 5.32 Å². The molecule has 2 unspecified atom stereocenters. The van der Waals surface area contributed by atoms with Crippen molar-refractivity contribution in [2.45, 2.75) is 35.9 Å². The molecule has 1 aliphatic heterocycles. The lowest BCUT2D eigenvalue weighted by molar-refractivity contribution is -0.115. The van der Waals surface area contributed by atoms with Crippen LogP contribution in [0, 0.1) is 0 Å². The summed E-state index contributed by atoms with van der Waals surface area (Å²) < 4.78 is 7.38. The van der Waals surface area contributed by atoms with Gasteiger partial charge in [0.25, 0.3) is 0 Å². The van der Waals surface area contributed by atoms with Crippen molar-refractivity contribution < 1.29 is 9.53 Å². The Morgan fingerprint density at radius 1 is 1.23 bits per heavy atom. The third-order valence-electron chi connectivity index (χ3n) is 4.59. The average Bonchev–Trinajstić information content (AvgIpc) is 3.38. The van der Waals surface area contributed by atoms with Crippen molar-refractivity contribution in [3.05, 3.63) is 64.1 Å². The molecule has 7 nitrogen and oxygen atoms in total. The maximum absolute atomic E-state index is 13.2. The molecule has 3 aromatic rings. The highest BCUT2D eigenvalue weighted by Crippen LogP contribution is 2.35. The lowest BCUT2D eigenvalue weighted by atomic mass is 10.1. The Hall–Kier alpha value is -2.13. The highest BCUT2D eigenvalue weighted by Gasteiger charge is 2.26. The number of benzene rings is 2. The van der Waals surface area contributed by atoms with E-state index in [9.17, 15) is 4.79 Å². The summed E-state index contributed by atoms with van der Waals surface area (Å²) in [4.78, 5) is 13.2. The normalized spacial score (nSPS) is 17.1. The SMILES string of the molecule is O=C(Nc1cc(Cl)cc(Cl)c1)C(Sc1nnnn1CC1CCCO1)c1ccccc1. The summed E-state index contributed by atoms with van der Waals surface area (Å²) in [5.74, 6) is -0.226. The number of halogens is 2. The second kappa shape index (κ2) is 9.78. The maximum Gasteiger partial charge on any atom is 0.242 e. The molecule has 4 rings (SSSR count). The van der Waals surface area contributed by atoms with E-state index < -0.39 is 5.25 Å². The Labute approximate surface area is 188 Å². The predicted molar refractivity (Wildman–Crippen MR) is 117 cm³/mol. The summed E-state index contributed by atoms with van der Waals surface area (Å²) in [6, 6.07) is 14.4. The second-order valence-electron chi connectivity index (χ2n) is 6.83. The molecule has 1 N–H and O–H groups in total. The molecule has 0 bridgehead atoms. The van der Waals surface area contributed by atoms with Gasteiger partial charge in [-0.3, -0.25) is 4.79 Å². The summed E-state index contributed by atoms with van der Waals surface area (Å²) >= 11 is 13.4. The van der Waals surface area contributed by atoms with Gasteiger partial charge in [-0.05, 0) is 47.0 Å². The number of hydrogen-bond acceptors (Lipinski definition) is 6. The molecule has 10 heteroatoms. The molecular formula is C20H19Cl2N5O2S. The highest BCUT2D eigenvalue weighted by atomic mass is 35.5. The monoisotopic (exact) mass is 463 g/mol. The van der Waals surface area contributed by atoms with Gasteiger partial charge in [-0.1, -0.05) is 65.3 Å². The molecular weight excluding hydrogens is 445 g/mol. The third kappa shape index (κ3) is 5.31. The lowest BCUT2D eigenvalue weighted by Gasteiger charge is -2.17. The Balaban J connectivity index is 1.56. The van der Waals surface area contributed by atoms with Crippen molar-refractivity contribution in [2.24, 2.45) is 0 Å². The number of carbonyl (C=O) groups is 1. The van der Waals surface area contributed by atoms with Crippen LogP contribution in [0.5, 0.6) is 0 Å². The van der Waals surface area contributed by atoms with Crippen LogP contribution in [-0.2, 0) is 16.1 Å². The van der Waals surface area contributed by atoms with Crippen molar-refractivity contribution in [2.75, 3.05) is 11.9 Å². The molecule has 0 aliphatic carbocycles. The van der Waals surface area contributed by atoms with Gasteiger partial charge in [0.1, 0.15) is 5.25 Å². The summed E-state index contributed by atoms with van der Waals surface area (Å²) in [5.41, 5.74) is 1.36. The minimum atomic E-state index is -0.571. The molecule has 156 valence electrons. The van der Waals surface area contributed by atoms with Crippen LogP contribution in [0.2, 0.25) is 10.0 Å². The van der Waals surface area contributed by atoms with Crippen LogP contribution in [0.4, 0.5) is 5.69 Å². The fourth-order valence-corrected chi connectivity index (χ4v) is 4.73. The second-order valence-corrected chi connectivity index (χ2v) is 8.78. The Bertz CT molecular complexity index is 991. The van der Waals surface area contributed by atoms with E-state index in [-0.39, 0.29) is 12.0 Å². The van der Waals surface area contributed by atoms with Crippen molar-refractivity contribution in [3.63, 3.8) is 0 Å². The molecule has 0 saturated carbocycles. The molecule has 2 heterocycles. The Kier molecular flexibility index (Phi) is 6.89. The number of amides is 1. The molecule has 2 aromatic carbocycles. The summed E-state index contributed by atoms with van der Waals surface area (Å²) in [7, 11) is 0. The zero-order chi connectivity index (χ0) is 20.9. The number of tetrazole rings is 1. The van der Waals surface area contributed by atoms with Crippen molar-refractivity contribution in [1.29, 1.82) is 0 Å². The van der Waals surface area contributed by atoms with E-state index in [2.05, 4.69) is 20.8 Å². The first-order chi connectivity index (χ1) is 14.6. The summed E-state index contributed by atoms with van der Waals surface area (Å²) in [6.45, 7) is 1.31. The van der Waals surface area contributed by atoms with Gasteiger partial charge in [0.2, 0.25) is 11.1 Å². The molecule has 1 aromatic heterocycles. The molecule has 1 saturated heterocycles. The van der Waals surface area contributed by atoms with Crippen LogP contribution >= 0.6 is 35.0 Å². The quantitative estimate of drug-likeness (QED) is 0.514. The highest BCUT2D eigenvalue weighted by molar-refractivity contribution is 8.00. The van der Waals surface area contributed by atoms with E-state index in [4.69, 9.17) is 27.9 Å². The molecule has 1 amide bonds. The zero-order valence-corrected chi connectivity index (χ0v) is 18.2. The zero-order valence-electron chi connectivity index (χ0n) is 15.9. The van der Waals surface area contributed by atoms with E-state index in [0.717, 1.165) is 25.0 Å². The van der Waals surface area contributed by atoms with Gasteiger partial charge in [0.15, 0.2) is 0 Å². The van der Waals surface area contributed by atoms with Crippen LogP contribution in [-0.4, -0.2) is 38.8 Å². The number of rotatable bonds is 7. The van der Waals surface area contributed by atoms with Gasteiger partial charge in [-0.2, -0.15) is 0 Å². The number of ether oxygens (including phenoxy) is 1. The smallest absolute Gasteiger partial charge is 0.242 e. The minimum Gasteiger partial charge on any atom is -0.376 e. The van der Waals surface area contributed by atoms with Gasteiger partial charge in [0, 0.05) is 22.3 Å². The number of nitrogens with one attached hydrogen (secondary N) is 1. The summed E-state index contributed by atoms with van der Waals surface area (Å²) in [5, 5.41) is 15.8. The summed E-state index contributed by atoms with van der Waals surface area (Å²) in [6.07, 6.45) is 2.10. The number of thioether (sulfide) groups is 1. The van der Waals surface area contributed by atoms with Gasteiger partial charge in [0.05, 0.1) is 12.6 Å². The van der Waals surface area contributed by atoms with Gasteiger partial charge in [-0.25, -0.2) is 4.68 Å². The van der Waals surface area contributed by atoms with E-state index >= 15 is 0 Å². The number of nitrogens with zero attached hydrogens (tertiary/aromatic N) is 4. The molecule has 0 spiro atoms. The van der Waals surface area contributed by atoms with Crippen molar-refractivity contribution >= 4 is 46.6 Å². The van der Waals surface area contributed by atoms with Gasteiger partial charge in [-0.15, -0.1) is 5.10 Å². The first kappa shape index (κ1) is 21.1. The largest absolute Gasteiger partial charge is 0.376 e. The number of anilines is 1. The van der Waals surface area contributed by atoms with Crippen LogP contribution in [0.25, 0.3) is 0 Å². The Morgan fingerprint density at radius 3 is 2.70 bits per heavy atom. The van der Waals surface area contributed by atoms with Gasteiger partial charge >= 0.3 is 0 Å². The standard InChI is InChI=1S/C20H19Cl2N5O2S/c21-14-9-15(22)11-16(10-14)23-19(28)18(13-5-2-1-3-6-13)30-20-24-25-26-27(20)12-17-7-4-8-29-17/h1-3,5-6,9-11,17-18H,4,7-8,12H2,(H,23,28). The third-order valence-corrected chi connectivity index (χ3v) is 6.26. The van der Waals surface area contributed by atoms with Crippen LogP contribution in [0.1, 0.15) is 23.7 Å². The topological polar surface area (TPSA) is 81.9 Å². The Morgan fingerprint density at radius 2 is 2.00 bits per heavy atom. The maximum atomic E-state index is 13.2. The fraction of sp³-hybridized carbons (Fsp3) is 0.300. The van der Waals surface area contributed by atoms with Crippen molar-refractivity contribution in [3.8, 4) is 0 Å². The van der Waals surface area contributed by atoms with E-state index in [1.165, 1.54) is 11.8 Å². The molecule has 30 heavy (non-hydrogen) atoms. The first-order valence-corrected chi connectivity index (χ1v) is 11.1. The van der Waals surface area contributed by atoms with Crippen LogP contribution in [0.3, 0.4) is 0 Å². The molecule has 1 aliphatic rings. The number of carbonyl (C=O) groups excluding carboxylic acids is 1. The van der Waals surface area contributed by atoms with Gasteiger partial charge < -0.3 is 10.1 Å². The molecule has 0 radical (unpaired) electrons. The predicted octanol–water partition coefficient (Wildman–Crippen LogP) is 4.63. The fourth-order valence-electron chi connectivity index (χ4n) is 3.22. The molecule has 1 fully saturated rings. The van der Waals surface area contributed by atoms with Crippen LogP contribution in [0.15, 0.2) is 53.7 Å². The number of hydrogen-bond donors (Lipinski definition) is 1. The minimum absolute atomic E-state index is 0.0884. The van der Waals surface area contributed by atoms with Crippen molar-refractivity contribution in [1.82, 2.24) is 20.2 Å². The van der Waals surface area contributed by atoms with E-state index in [1.54, 1.807) is 22.9 Å². The van der Waals surface area contributed by atoms with E-state index in [0.29, 0.717) is 27.4 Å². The first-order valence-electron chi connectivity index (χ1n) is 9.45. The average molecular weight is 464 g/mol. The number of aromatic nitrogens is 4. The molecule has 2 atom stereocenters. The van der Waals surface area contributed by atoms with E-state index in [1.807, 2.05) is 30.3 Å².